The van der Waals surface area contributed by atoms with Crippen LogP contribution in [0.4, 0.5) is 5.69 Å². The molecule has 2 aromatic carbocycles. The van der Waals surface area contributed by atoms with Crippen molar-refractivity contribution < 1.29 is 13.9 Å². The monoisotopic (exact) mass is 369 g/mol. The van der Waals surface area contributed by atoms with Crippen LogP contribution in [0, 0.1) is 0 Å². The van der Waals surface area contributed by atoms with Gasteiger partial charge in [0.2, 0.25) is 5.43 Å². The van der Waals surface area contributed by atoms with Gasteiger partial charge in [-0.1, -0.05) is 37.6 Å². The van der Waals surface area contributed by atoms with E-state index in [4.69, 9.17) is 20.8 Å². The highest BCUT2D eigenvalue weighted by molar-refractivity contribution is 6.30. The summed E-state index contributed by atoms with van der Waals surface area (Å²) in [5, 5.41) is 3.74. The summed E-state index contributed by atoms with van der Waals surface area (Å²) in [5.41, 5.74) is 1.99. The Balaban J connectivity index is 2.05. The van der Waals surface area contributed by atoms with Gasteiger partial charge in [0.1, 0.15) is 5.76 Å². The Morgan fingerprint density at radius 2 is 1.81 bits per heavy atom. The minimum atomic E-state index is -0.235. The lowest BCUT2D eigenvalue weighted by Gasteiger charge is -2.20. The third-order valence-corrected chi connectivity index (χ3v) is 4.57. The second-order valence-electron chi connectivity index (χ2n) is 6.49. The molecule has 3 aromatic rings. The van der Waals surface area contributed by atoms with E-state index in [2.05, 4.69) is 5.32 Å². The zero-order valence-electron chi connectivity index (χ0n) is 14.3. The molecule has 0 bridgehead atoms. The van der Waals surface area contributed by atoms with Gasteiger partial charge in [0.05, 0.1) is 16.6 Å². The number of anilines is 1. The van der Waals surface area contributed by atoms with Gasteiger partial charge in [0, 0.05) is 10.9 Å². The summed E-state index contributed by atoms with van der Waals surface area (Å²) < 4.78 is 11.7. The number of hydrogen-bond donors (Lipinski definition) is 1. The second kappa shape index (κ2) is 6.18. The van der Waals surface area contributed by atoms with E-state index in [1.54, 1.807) is 36.4 Å². The molecule has 6 heteroatoms. The van der Waals surface area contributed by atoms with Crippen molar-refractivity contribution >= 4 is 34.2 Å². The molecule has 1 aromatic heterocycles. The van der Waals surface area contributed by atoms with Crippen LogP contribution < -0.4 is 15.5 Å². The van der Waals surface area contributed by atoms with E-state index in [-0.39, 0.29) is 23.9 Å². The van der Waals surface area contributed by atoms with Crippen LogP contribution in [0.5, 0.6) is 5.75 Å². The Bertz CT molecular complexity index is 1080. The first-order valence-corrected chi connectivity index (χ1v) is 8.66. The summed E-state index contributed by atoms with van der Waals surface area (Å²) in [6.45, 7) is 3.81. The lowest BCUT2D eigenvalue weighted by atomic mass is 9.96. The number of carbonyl (C=O) groups is 1. The van der Waals surface area contributed by atoms with Crippen molar-refractivity contribution in [3.8, 4) is 16.9 Å². The summed E-state index contributed by atoms with van der Waals surface area (Å²) in [4.78, 5) is 24.8. The lowest BCUT2D eigenvalue weighted by Crippen LogP contribution is -2.25. The molecule has 1 N–H and O–H groups in total. The lowest BCUT2D eigenvalue weighted by molar-refractivity contribution is -0.118. The number of ether oxygens (including phenoxy) is 1. The Hall–Kier alpha value is -2.79. The zero-order chi connectivity index (χ0) is 18.4. The molecule has 26 heavy (non-hydrogen) atoms. The smallest absolute Gasteiger partial charge is 0.262 e. The van der Waals surface area contributed by atoms with Crippen LogP contribution in [-0.4, -0.2) is 12.5 Å². The molecule has 0 fully saturated rings. The van der Waals surface area contributed by atoms with Crippen molar-refractivity contribution in [2.75, 3.05) is 11.9 Å². The highest BCUT2D eigenvalue weighted by Gasteiger charge is 2.25. The van der Waals surface area contributed by atoms with Crippen LogP contribution in [-0.2, 0) is 4.79 Å². The maximum Gasteiger partial charge on any atom is 0.262 e. The molecule has 0 unspecified atom stereocenters. The zero-order valence-corrected chi connectivity index (χ0v) is 15.0. The number of halogens is 1. The van der Waals surface area contributed by atoms with Crippen molar-refractivity contribution in [3.63, 3.8) is 0 Å². The fourth-order valence-electron chi connectivity index (χ4n) is 3.11. The number of benzene rings is 2. The Labute approximate surface area is 154 Å². The predicted octanol–water partition coefficient (Wildman–Crippen LogP) is 4.57. The molecule has 1 aliphatic rings. The topological polar surface area (TPSA) is 68.5 Å². The molecule has 1 aliphatic heterocycles. The van der Waals surface area contributed by atoms with Crippen LogP contribution in [0.1, 0.15) is 25.5 Å². The number of amides is 1. The number of rotatable bonds is 2. The Morgan fingerprint density at radius 1 is 1.08 bits per heavy atom. The Morgan fingerprint density at radius 3 is 2.50 bits per heavy atom. The predicted molar refractivity (Wildman–Crippen MR) is 101 cm³/mol. The van der Waals surface area contributed by atoms with Crippen molar-refractivity contribution in [1.29, 1.82) is 0 Å². The molecule has 0 aliphatic carbocycles. The second-order valence-corrected chi connectivity index (χ2v) is 6.92. The van der Waals surface area contributed by atoms with Gasteiger partial charge in [-0.3, -0.25) is 9.59 Å². The molecular formula is C20H16ClNO4. The van der Waals surface area contributed by atoms with Crippen LogP contribution >= 0.6 is 11.6 Å². The van der Waals surface area contributed by atoms with E-state index in [9.17, 15) is 9.59 Å². The van der Waals surface area contributed by atoms with E-state index in [1.165, 1.54) is 0 Å². The van der Waals surface area contributed by atoms with Crippen LogP contribution in [0.25, 0.3) is 22.1 Å². The highest BCUT2D eigenvalue weighted by Crippen LogP contribution is 2.38. The summed E-state index contributed by atoms with van der Waals surface area (Å²) in [6, 6.07) is 10.4. The molecular weight excluding hydrogens is 354 g/mol. The SMILES string of the molecule is CC(C)c1oc2c3c(ccc2c(=O)c1-c1ccc(Cl)cc1)NC(=O)CO3. The van der Waals surface area contributed by atoms with E-state index in [0.29, 0.717) is 38.8 Å². The maximum absolute atomic E-state index is 13.3. The first-order chi connectivity index (χ1) is 12.5. The number of hydrogen-bond acceptors (Lipinski definition) is 4. The van der Waals surface area contributed by atoms with E-state index in [1.807, 2.05) is 13.8 Å². The number of fused-ring (bicyclic) bond motifs is 3. The summed E-state index contributed by atoms with van der Waals surface area (Å²) in [5.74, 6) is 0.704. The molecule has 0 saturated carbocycles. The molecule has 0 radical (unpaired) electrons. The maximum atomic E-state index is 13.3. The standard InChI is InChI=1S/C20H16ClNO4/c1-10(2)18-16(11-3-5-12(21)6-4-11)17(24)13-7-8-14-20(19(13)26-18)25-9-15(23)22-14/h3-8,10H,9H2,1-2H3,(H,22,23). The van der Waals surface area contributed by atoms with Crippen LogP contribution in [0.2, 0.25) is 5.02 Å². The first kappa shape index (κ1) is 16.7. The van der Waals surface area contributed by atoms with Gasteiger partial charge in [0.25, 0.3) is 5.91 Å². The van der Waals surface area contributed by atoms with Crippen LogP contribution in [0.15, 0.2) is 45.6 Å². The molecule has 132 valence electrons. The average Bonchev–Trinajstić information content (AvgIpc) is 2.62. The summed E-state index contributed by atoms with van der Waals surface area (Å²) >= 11 is 5.97. The molecule has 1 amide bonds. The van der Waals surface area contributed by atoms with Crippen molar-refractivity contribution in [2.24, 2.45) is 0 Å². The molecule has 0 spiro atoms. The van der Waals surface area contributed by atoms with E-state index >= 15 is 0 Å². The summed E-state index contributed by atoms with van der Waals surface area (Å²) in [6.07, 6.45) is 0. The fraction of sp³-hybridized carbons (Fsp3) is 0.200. The Kier molecular flexibility index (Phi) is 3.96. The normalized spacial score (nSPS) is 13.5. The van der Waals surface area contributed by atoms with E-state index in [0.717, 1.165) is 5.56 Å². The van der Waals surface area contributed by atoms with Crippen molar-refractivity contribution in [1.82, 2.24) is 0 Å². The van der Waals surface area contributed by atoms with Gasteiger partial charge in [-0.25, -0.2) is 0 Å². The average molecular weight is 370 g/mol. The molecule has 4 rings (SSSR count). The molecule has 0 saturated heterocycles. The van der Waals surface area contributed by atoms with Gasteiger partial charge in [0.15, 0.2) is 17.9 Å². The van der Waals surface area contributed by atoms with Crippen LogP contribution in [0.3, 0.4) is 0 Å². The highest BCUT2D eigenvalue weighted by atomic mass is 35.5. The number of nitrogens with one attached hydrogen (secondary N) is 1. The van der Waals surface area contributed by atoms with Gasteiger partial charge >= 0.3 is 0 Å². The van der Waals surface area contributed by atoms with Crippen molar-refractivity contribution in [2.45, 2.75) is 19.8 Å². The molecule has 5 nitrogen and oxygen atoms in total. The molecule has 2 heterocycles. The van der Waals surface area contributed by atoms with Gasteiger partial charge in [-0.15, -0.1) is 0 Å². The van der Waals surface area contributed by atoms with Gasteiger partial charge < -0.3 is 14.5 Å². The van der Waals surface area contributed by atoms with Gasteiger partial charge in [-0.05, 0) is 29.8 Å². The third kappa shape index (κ3) is 2.65. The third-order valence-electron chi connectivity index (χ3n) is 4.32. The quantitative estimate of drug-likeness (QED) is 0.718. The molecule has 0 atom stereocenters. The van der Waals surface area contributed by atoms with E-state index < -0.39 is 0 Å². The minimum Gasteiger partial charge on any atom is -0.478 e. The van der Waals surface area contributed by atoms with Gasteiger partial charge in [-0.2, -0.15) is 0 Å². The number of carbonyl (C=O) groups excluding carboxylic acids is 1. The largest absolute Gasteiger partial charge is 0.478 e. The first-order valence-electron chi connectivity index (χ1n) is 8.28. The minimum absolute atomic E-state index is 0.0215. The summed E-state index contributed by atoms with van der Waals surface area (Å²) in [7, 11) is 0. The fourth-order valence-corrected chi connectivity index (χ4v) is 3.24. The van der Waals surface area contributed by atoms with Crippen molar-refractivity contribution in [3.05, 3.63) is 57.4 Å².